The normalized spacial score (nSPS) is 16.3. The van der Waals surface area contributed by atoms with E-state index in [0.29, 0.717) is 0 Å². The highest BCUT2D eigenvalue weighted by atomic mass is 16.5. The molecule has 1 N–H and O–H groups in total. The third-order valence-electron chi connectivity index (χ3n) is 3.36. The second-order valence-corrected chi connectivity index (χ2v) is 5.61. The molecular weight excluding hydrogens is 250 g/mol. The first kappa shape index (κ1) is 12.9. The second kappa shape index (κ2) is 5.08. The zero-order chi connectivity index (χ0) is 14.0. The van der Waals surface area contributed by atoms with Crippen molar-refractivity contribution in [2.75, 3.05) is 11.9 Å². The van der Waals surface area contributed by atoms with Gasteiger partial charge in [0.2, 0.25) is 0 Å². The Bertz CT molecular complexity index is 593. The molecule has 0 spiro atoms. The van der Waals surface area contributed by atoms with E-state index in [-0.39, 0.29) is 5.60 Å². The molecule has 104 valence electrons. The molecule has 1 aliphatic heterocycles. The number of fused-ring (bicyclic) bond motifs is 1. The van der Waals surface area contributed by atoms with E-state index in [4.69, 9.17) is 9.47 Å². The molecular formula is C17H19NO2. The van der Waals surface area contributed by atoms with Crippen LogP contribution < -0.4 is 14.8 Å². The number of anilines is 1. The standard InChI is InChI=1S/C17H19NO2/c1-17(2)10-11-18-15-12-14(8-9-16(15)20-17)19-13-6-4-3-5-7-13/h3-9,12,18H,10-11H2,1-2H3. The summed E-state index contributed by atoms with van der Waals surface area (Å²) in [5.41, 5.74) is 0.851. The van der Waals surface area contributed by atoms with Gasteiger partial charge in [0.15, 0.2) is 0 Å². The molecule has 2 aromatic rings. The van der Waals surface area contributed by atoms with Crippen molar-refractivity contribution in [3.63, 3.8) is 0 Å². The minimum absolute atomic E-state index is 0.139. The molecule has 0 atom stereocenters. The van der Waals surface area contributed by atoms with Gasteiger partial charge in [-0.25, -0.2) is 0 Å². The Kier molecular flexibility index (Phi) is 3.26. The van der Waals surface area contributed by atoms with Crippen molar-refractivity contribution >= 4 is 5.69 Å². The van der Waals surface area contributed by atoms with E-state index >= 15 is 0 Å². The molecule has 0 saturated carbocycles. The summed E-state index contributed by atoms with van der Waals surface area (Å²) in [5.74, 6) is 2.53. The van der Waals surface area contributed by atoms with Gasteiger partial charge in [-0.05, 0) is 38.1 Å². The fourth-order valence-electron chi connectivity index (χ4n) is 2.27. The smallest absolute Gasteiger partial charge is 0.143 e. The lowest BCUT2D eigenvalue weighted by molar-refractivity contribution is 0.108. The summed E-state index contributed by atoms with van der Waals surface area (Å²) in [6.07, 6.45) is 0.969. The van der Waals surface area contributed by atoms with Crippen LogP contribution in [0.25, 0.3) is 0 Å². The molecule has 0 amide bonds. The first-order chi connectivity index (χ1) is 9.62. The van der Waals surface area contributed by atoms with E-state index in [0.717, 1.165) is 35.9 Å². The zero-order valence-electron chi connectivity index (χ0n) is 11.8. The maximum Gasteiger partial charge on any atom is 0.143 e. The topological polar surface area (TPSA) is 30.5 Å². The van der Waals surface area contributed by atoms with Crippen LogP contribution >= 0.6 is 0 Å². The predicted octanol–water partition coefficient (Wildman–Crippen LogP) is 4.45. The maximum atomic E-state index is 6.03. The minimum Gasteiger partial charge on any atom is -0.486 e. The lowest BCUT2D eigenvalue weighted by Crippen LogP contribution is -2.28. The van der Waals surface area contributed by atoms with Crippen LogP contribution in [0.5, 0.6) is 17.2 Å². The SMILES string of the molecule is CC1(C)CCNc2cc(Oc3ccccc3)ccc2O1. The number of para-hydroxylation sites is 1. The number of benzene rings is 2. The van der Waals surface area contributed by atoms with Crippen LogP contribution in [-0.4, -0.2) is 12.1 Å². The first-order valence-electron chi connectivity index (χ1n) is 6.92. The molecule has 0 saturated heterocycles. The Morgan fingerprint density at radius 3 is 2.65 bits per heavy atom. The summed E-state index contributed by atoms with van der Waals surface area (Å²) in [5, 5.41) is 3.40. The van der Waals surface area contributed by atoms with Gasteiger partial charge in [0.05, 0.1) is 5.69 Å². The van der Waals surface area contributed by atoms with E-state index in [1.807, 2.05) is 48.5 Å². The van der Waals surface area contributed by atoms with Crippen LogP contribution in [0.2, 0.25) is 0 Å². The highest BCUT2D eigenvalue weighted by Crippen LogP contribution is 2.36. The summed E-state index contributed by atoms with van der Waals surface area (Å²) in [6, 6.07) is 15.7. The molecule has 0 unspecified atom stereocenters. The number of hydrogen-bond donors (Lipinski definition) is 1. The van der Waals surface area contributed by atoms with Gasteiger partial charge in [0, 0.05) is 19.0 Å². The van der Waals surface area contributed by atoms with Crippen molar-refractivity contribution in [1.82, 2.24) is 0 Å². The quantitative estimate of drug-likeness (QED) is 0.873. The number of hydrogen-bond acceptors (Lipinski definition) is 3. The molecule has 0 radical (unpaired) electrons. The average molecular weight is 269 g/mol. The zero-order valence-corrected chi connectivity index (χ0v) is 11.8. The molecule has 0 bridgehead atoms. The molecule has 0 aromatic heterocycles. The third-order valence-corrected chi connectivity index (χ3v) is 3.36. The molecule has 3 heteroatoms. The summed E-state index contributed by atoms with van der Waals surface area (Å²) in [4.78, 5) is 0. The second-order valence-electron chi connectivity index (χ2n) is 5.61. The van der Waals surface area contributed by atoms with Crippen LogP contribution in [0.15, 0.2) is 48.5 Å². The monoisotopic (exact) mass is 269 g/mol. The van der Waals surface area contributed by atoms with E-state index in [2.05, 4.69) is 19.2 Å². The largest absolute Gasteiger partial charge is 0.486 e. The highest BCUT2D eigenvalue weighted by Gasteiger charge is 2.24. The fourth-order valence-corrected chi connectivity index (χ4v) is 2.27. The van der Waals surface area contributed by atoms with Gasteiger partial charge in [-0.2, -0.15) is 0 Å². The molecule has 1 heterocycles. The molecule has 3 rings (SSSR count). The van der Waals surface area contributed by atoms with Gasteiger partial charge < -0.3 is 14.8 Å². The lowest BCUT2D eigenvalue weighted by Gasteiger charge is -2.23. The molecule has 0 aliphatic carbocycles. The van der Waals surface area contributed by atoms with Crippen LogP contribution in [0.1, 0.15) is 20.3 Å². The minimum atomic E-state index is -0.139. The van der Waals surface area contributed by atoms with Crippen molar-refractivity contribution in [2.45, 2.75) is 25.9 Å². The molecule has 0 fully saturated rings. The van der Waals surface area contributed by atoms with Crippen molar-refractivity contribution in [3.8, 4) is 17.2 Å². The Morgan fingerprint density at radius 2 is 1.85 bits per heavy atom. The van der Waals surface area contributed by atoms with Crippen molar-refractivity contribution < 1.29 is 9.47 Å². The number of rotatable bonds is 2. The van der Waals surface area contributed by atoms with Crippen LogP contribution in [0, 0.1) is 0 Å². The summed E-state index contributed by atoms with van der Waals surface area (Å²) < 4.78 is 11.9. The molecule has 1 aliphatic rings. The van der Waals surface area contributed by atoms with E-state index in [9.17, 15) is 0 Å². The van der Waals surface area contributed by atoms with Crippen molar-refractivity contribution in [2.24, 2.45) is 0 Å². The van der Waals surface area contributed by atoms with E-state index in [1.165, 1.54) is 0 Å². The van der Waals surface area contributed by atoms with Crippen molar-refractivity contribution in [3.05, 3.63) is 48.5 Å². The van der Waals surface area contributed by atoms with Crippen LogP contribution in [0.3, 0.4) is 0 Å². The highest BCUT2D eigenvalue weighted by molar-refractivity contribution is 5.61. The predicted molar refractivity (Wildman–Crippen MR) is 80.8 cm³/mol. The van der Waals surface area contributed by atoms with Crippen LogP contribution in [-0.2, 0) is 0 Å². The van der Waals surface area contributed by atoms with Crippen molar-refractivity contribution in [1.29, 1.82) is 0 Å². The molecule has 20 heavy (non-hydrogen) atoms. The summed E-state index contributed by atoms with van der Waals surface area (Å²) >= 11 is 0. The number of ether oxygens (including phenoxy) is 2. The average Bonchev–Trinajstić information content (AvgIpc) is 2.57. The van der Waals surface area contributed by atoms with Gasteiger partial charge in [-0.1, -0.05) is 18.2 Å². The summed E-state index contributed by atoms with van der Waals surface area (Å²) in [6.45, 7) is 5.12. The van der Waals surface area contributed by atoms with Gasteiger partial charge in [-0.15, -0.1) is 0 Å². The van der Waals surface area contributed by atoms with Crippen LogP contribution in [0.4, 0.5) is 5.69 Å². The van der Waals surface area contributed by atoms with Gasteiger partial charge in [-0.3, -0.25) is 0 Å². The maximum absolute atomic E-state index is 6.03. The van der Waals surface area contributed by atoms with Gasteiger partial charge in [0.25, 0.3) is 0 Å². The van der Waals surface area contributed by atoms with E-state index in [1.54, 1.807) is 0 Å². The lowest BCUT2D eigenvalue weighted by atomic mass is 10.1. The molecule has 3 nitrogen and oxygen atoms in total. The van der Waals surface area contributed by atoms with Gasteiger partial charge in [0.1, 0.15) is 22.8 Å². The molecule has 2 aromatic carbocycles. The Morgan fingerprint density at radius 1 is 1.05 bits per heavy atom. The third kappa shape index (κ3) is 2.87. The first-order valence-corrected chi connectivity index (χ1v) is 6.92. The number of nitrogens with one attached hydrogen (secondary N) is 1. The Labute approximate surface area is 119 Å². The fraction of sp³-hybridized carbons (Fsp3) is 0.294. The Balaban J connectivity index is 1.84. The summed E-state index contributed by atoms with van der Waals surface area (Å²) in [7, 11) is 0. The van der Waals surface area contributed by atoms with E-state index < -0.39 is 0 Å². The Hall–Kier alpha value is -2.16. The van der Waals surface area contributed by atoms with Gasteiger partial charge >= 0.3 is 0 Å².